The van der Waals surface area contributed by atoms with E-state index in [0.29, 0.717) is 12.8 Å². The predicted octanol–water partition coefficient (Wildman–Crippen LogP) is 0.863. The normalized spacial score (nSPS) is 22.0. The summed E-state index contributed by atoms with van der Waals surface area (Å²) in [5.41, 5.74) is 1.49. The second-order valence-corrected chi connectivity index (χ2v) is 5.45. The molecule has 2 fully saturated rings. The van der Waals surface area contributed by atoms with Crippen LogP contribution in [0.3, 0.4) is 0 Å². The number of carbonyl (C=O) groups is 3. The molecule has 1 aliphatic carbocycles. The van der Waals surface area contributed by atoms with Gasteiger partial charge in [-0.1, -0.05) is 25.3 Å². The topological polar surface area (TPSA) is 87.7 Å². The molecule has 0 radical (unpaired) electrons. The van der Waals surface area contributed by atoms with Crippen LogP contribution in [0.5, 0.6) is 0 Å². The lowest BCUT2D eigenvalue weighted by atomic mass is 9.82. The van der Waals surface area contributed by atoms with E-state index in [1.54, 1.807) is 6.92 Å². The van der Waals surface area contributed by atoms with Crippen LogP contribution in [-0.2, 0) is 14.3 Å². The first-order chi connectivity index (χ1) is 10.00. The van der Waals surface area contributed by atoms with Gasteiger partial charge in [-0.05, 0) is 19.8 Å². The average molecular weight is 295 g/mol. The molecule has 4 amide bonds. The molecule has 1 aliphatic heterocycles. The minimum Gasteiger partial charge on any atom is -0.365 e. The number of hydrogen-bond acceptors (Lipinski definition) is 4. The van der Waals surface area contributed by atoms with E-state index in [0.717, 1.165) is 24.3 Å². The number of carbonyl (C=O) groups excluding carboxylic acids is 3. The molecule has 1 heterocycles. The molecule has 0 aromatic heterocycles. The van der Waals surface area contributed by atoms with Gasteiger partial charge in [0.25, 0.3) is 11.8 Å². The molecule has 1 saturated heterocycles. The Morgan fingerprint density at radius 2 is 2.14 bits per heavy atom. The third-order valence-corrected chi connectivity index (χ3v) is 3.92. The average Bonchev–Trinajstić information content (AvgIpc) is 2.69. The van der Waals surface area contributed by atoms with Crippen molar-refractivity contribution < 1.29 is 19.1 Å². The van der Waals surface area contributed by atoms with Gasteiger partial charge in [-0.25, -0.2) is 4.79 Å². The zero-order valence-electron chi connectivity index (χ0n) is 12.2. The maximum atomic E-state index is 12.4. The first-order valence-corrected chi connectivity index (χ1v) is 7.20. The summed E-state index contributed by atoms with van der Waals surface area (Å²) in [6, 6.07) is -0.578. The Hall–Kier alpha value is -1.89. The largest absolute Gasteiger partial charge is 0.365 e. The Morgan fingerprint density at radius 1 is 1.48 bits per heavy atom. The molecule has 0 bridgehead atoms. The third-order valence-electron chi connectivity index (χ3n) is 3.92. The summed E-state index contributed by atoms with van der Waals surface area (Å²) in [7, 11) is 0. The van der Waals surface area contributed by atoms with Crippen molar-refractivity contribution in [2.75, 3.05) is 6.61 Å². The molecular weight excluding hydrogens is 274 g/mol. The maximum Gasteiger partial charge on any atom is 0.344 e. The number of urea groups is 1. The predicted molar refractivity (Wildman–Crippen MR) is 74.9 cm³/mol. The summed E-state index contributed by atoms with van der Waals surface area (Å²) in [5, 5.41) is 3.50. The minimum absolute atomic E-state index is 0.221. The van der Waals surface area contributed by atoms with Crippen molar-refractivity contribution in [3.8, 4) is 0 Å². The maximum absolute atomic E-state index is 12.4. The van der Waals surface area contributed by atoms with Gasteiger partial charge in [0.1, 0.15) is 11.6 Å². The van der Waals surface area contributed by atoms with Gasteiger partial charge in [0.2, 0.25) is 0 Å². The van der Waals surface area contributed by atoms with E-state index in [4.69, 9.17) is 4.74 Å². The van der Waals surface area contributed by atoms with Crippen molar-refractivity contribution in [3.63, 3.8) is 0 Å². The lowest BCUT2D eigenvalue weighted by molar-refractivity contribution is -0.144. The van der Waals surface area contributed by atoms with Crippen LogP contribution in [-0.4, -0.2) is 41.1 Å². The Morgan fingerprint density at radius 3 is 2.76 bits per heavy atom. The van der Waals surface area contributed by atoms with Crippen LogP contribution in [0.25, 0.3) is 0 Å². The van der Waals surface area contributed by atoms with Crippen LogP contribution in [0.2, 0.25) is 0 Å². The second kappa shape index (κ2) is 6.26. The highest BCUT2D eigenvalue weighted by molar-refractivity contribution is 6.08. The first kappa shape index (κ1) is 15.5. The highest BCUT2D eigenvalue weighted by Gasteiger charge is 2.52. The van der Waals surface area contributed by atoms with Crippen molar-refractivity contribution in [2.45, 2.75) is 50.7 Å². The molecule has 1 atom stereocenters. The first-order valence-electron chi connectivity index (χ1n) is 7.20. The molecular formula is C14H21N3O4. The van der Waals surface area contributed by atoms with Gasteiger partial charge in [-0.2, -0.15) is 5.01 Å². The fourth-order valence-electron chi connectivity index (χ4n) is 2.71. The number of nitrogens with zero attached hydrogens (tertiary/aromatic N) is 1. The van der Waals surface area contributed by atoms with Gasteiger partial charge in [0.15, 0.2) is 0 Å². The molecule has 2 rings (SSSR count). The van der Waals surface area contributed by atoms with Crippen molar-refractivity contribution >= 4 is 17.8 Å². The molecule has 2 aliphatic rings. The van der Waals surface area contributed by atoms with Crippen molar-refractivity contribution in [1.29, 1.82) is 0 Å². The number of amides is 4. The van der Waals surface area contributed by atoms with E-state index in [2.05, 4.69) is 17.3 Å². The summed E-state index contributed by atoms with van der Waals surface area (Å²) in [6.45, 7) is 5.26. The fraction of sp³-hybridized carbons (Fsp3) is 0.643. The highest BCUT2D eigenvalue weighted by atomic mass is 16.5. The van der Waals surface area contributed by atoms with Crippen LogP contribution in [0, 0.1) is 0 Å². The van der Waals surface area contributed by atoms with E-state index in [9.17, 15) is 14.4 Å². The minimum atomic E-state index is -0.839. The smallest absolute Gasteiger partial charge is 0.344 e. The zero-order chi connectivity index (χ0) is 15.5. The van der Waals surface area contributed by atoms with Gasteiger partial charge < -0.3 is 10.1 Å². The van der Waals surface area contributed by atoms with Crippen LogP contribution >= 0.6 is 0 Å². The number of rotatable bonds is 5. The SMILES string of the molecule is C=CCOC(C)C(=O)NN1C(=O)NC2(CCCCC2)C1=O. The molecule has 1 spiro atoms. The molecule has 1 unspecified atom stereocenters. The van der Waals surface area contributed by atoms with Crippen LogP contribution in [0.1, 0.15) is 39.0 Å². The second-order valence-electron chi connectivity index (χ2n) is 5.45. The van der Waals surface area contributed by atoms with Gasteiger partial charge in [0.05, 0.1) is 6.61 Å². The molecule has 116 valence electrons. The van der Waals surface area contributed by atoms with Crippen molar-refractivity contribution in [1.82, 2.24) is 15.8 Å². The summed E-state index contributed by atoms with van der Waals surface area (Å²) in [6.07, 6.45) is 4.84. The van der Waals surface area contributed by atoms with E-state index >= 15 is 0 Å². The van der Waals surface area contributed by atoms with E-state index in [1.165, 1.54) is 6.08 Å². The number of ether oxygens (including phenoxy) is 1. The Labute approximate surface area is 123 Å². The Kier molecular flexibility index (Phi) is 4.62. The summed E-state index contributed by atoms with van der Waals surface area (Å²) >= 11 is 0. The lowest BCUT2D eigenvalue weighted by Crippen LogP contribution is -2.52. The number of nitrogens with one attached hydrogen (secondary N) is 2. The van der Waals surface area contributed by atoms with Gasteiger partial charge in [-0.15, -0.1) is 6.58 Å². The van der Waals surface area contributed by atoms with Crippen molar-refractivity contribution in [3.05, 3.63) is 12.7 Å². The van der Waals surface area contributed by atoms with Crippen molar-refractivity contribution in [2.24, 2.45) is 0 Å². The van der Waals surface area contributed by atoms with Crippen LogP contribution < -0.4 is 10.7 Å². The molecule has 0 aromatic rings. The van der Waals surface area contributed by atoms with Gasteiger partial charge >= 0.3 is 6.03 Å². The number of hydrazine groups is 1. The van der Waals surface area contributed by atoms with E-state index < -0.39 is 23.6 Å². The summed E-state index contributed by atoms with van der Waals surface area (Å²) in [4.78, 5) is 36.3. The molecule has 7 nitrogen and oxygen atoms in total. The van der Waals surface area contributed by atoms with E-state index in [-0.39, 0.29) is 12.5 Å². The van der Waals surface area contributed by atoms with E-state index in [1.807, 2.05) is 0 Å². The number of imide groups is 1. The highest BCUT2D eigenvalue weighted by Crippen LogP contribution is 2.32. The molecule has 1 saturated carbocycles. The zero-order valence-corrected chi connectivity index (χ0v) is 12.2. The Bertz CT molecular complexity index is 457. The lowest BCUT2D eigenvalue weighted by Gasteiger charge is -2.30. The van der Waals surface area contributed by atoms with Crippen LogP contribution in [0.15, 0.2) is 12.7 Å². The monoisotopic (exact) mass is 295 g/mol. The quantitative estimate of drug-likeness (QED) is 0.582. The molecule has 2 N–H and O–H groups in total. The standard InChI is InChI=1S/C14H21N3O4/c1-3-9-21-10(2)11(18)16-17-12(19)14(15-13(17)20)7-5-4-6-8-14/h3,10H,1,4-9H2,2H3,(H,15,20)(H,16,18). The van der Waals surface area contributed by atoms with Gasteiger partial charge in [0, 0.05) is 0 Å². The van der Waals surface area contributed by atoms with Gasteiger partial charge in [-0.3, -0.25) is 15.0 Å². The summed E-state index contributed by atoms with van der Waals surface area (Å²) < 4.78 is 5.17. The fourth-order valence-corrected chi connectivity index (χ4v) is 2.71. The molecule has 21 heavy (non-hydrogen) atoms. The molecule has 7 heteroatoms. The molecule has 0 aromatic carbocycles. The third kappa shape index (κ3) is 3.07. The van der Waals surface area contributed by atoms with Crippen LogP contribution in [0.4, 0.5) is 4.79 Å². The summed E-state index contributed by atoms with van der Waals surface area (Å²) in [5.74, 6) is -0.912. The Balaban J connectivity index is 2.00. The number of hydrogen-bond donors (Lipinski definition) is 2.